The van der Waals surface area contributed by atoms with Crippen molar-refractivity contribution >= 4 is 17.7 Å². The second-order valence-electron chi connectivity index (χ2n) is 14.1. The third-order valence-electron chi connectivity index (χ3n) is 9.01. The molecule has 0 spiro atoms. The normalized spacial score (nSPS) is 16.6. The van der Waals surface area contributed by atoms with Crippen molar-refractivity contribution in [3.05, 3.63) is 76.8 Å². The highest BCUT2D eigenvalue weighted by atomic mass is 19.4. The van der Waals surface area contributed by atoms with Gasteiger partial charge in [0.25, 0.3) is 0 Å². The molecule has 5 heterocycles. The smallest absolute Gasteiger partial charge is 0.435 e. The Bertz CT molecular complexity index is 1920. The summed E-state index contributed by atoms with van der Waals surface area (Å²) in [4.78, 5) is 39.5. The van der Waals surface area contributed by atoms with E-state index in [4.69, 9.17) is 14.5 Å². The van der Waals surface area contributed by atoms with Crippen LogP contribution in [0.25, 0.3) is 11.1 Å². The van der Waals surface area contributed by atoms with Gasteiger partial charge < -0.3 is 23.8 Å². The van der Waals surface area contributed by atoms with Gasteiger partial charge in [-0.15, -0.1) is 0 Å². The van der Waals surface area contributed by atoms with Gasteiger partial charge in [-0.25, -0.2) is 14.8 Å². The van der Waals surface area contributed by atoms with Crippen LogP contribution >= 0.6 is 0 Å². The lowest BCUT2D eigenvalue weighted by Gasteiger charge is -2.44. The number of hydrogen-bond donors (Lipinski definition) is 0. The molecule has 266 valence electrons. The van der Waals surface area contributed by atoms with Crippen LogP contribution in [-0.4, -0.2) is 79.5 Å². The molecule has 50 heavy (non-hydrogen) atoms. The first-order valence-electron chi connectivity index (χ1n) is 16.7. The SMILES string of the molecule is CCn1cc(-c2cc(Cn3ccnc3C)cc3c2OC[C@H](Cc2cc(C)cc(N4CC(N(C)C(=O)OC(C)(C)C)C4)n2)C3=O)c(C(F)(F)F)n1. The lowest BCUT2D eigenvalue weighted by molar-refractivity contribution is -0.141. The number of aryl methyl sites for hydroxylation is 3. The van der Waals surface area contributed by atoms with E-state index < -0.39 is 23.4 Å². The number of ether oxygens (including phenoxy) is 2. The van der Waals surface area contributed by atoms with Crippen LogP contribution < -0.4 is 9.64 Å². The number of halogens is 3. The molecular weight excluding hydrogens is 651 g/mol. The molecule has 2 aliphatic rings. The summed E-state index contributed by atoms with van der Waals surface area (Å²) in [5.41, 5.74) is 0.944. The summed E-state index contributed by atoms with van der Waals surface area (Å²) in [6.07, 6.45) is -0.0245. The summed E-state index contributed by atoms with van der Waals surface area (Å²) < 4.78 is 57.5. The zero-order valence-electron chi connectivity index (χ0n) is 29.3. The number of Topliss-reactive ketones (excluding diaryl/α,β-unsaturated/α-hetero) is 1. The molecule has 1 amide bonds. The topological polar surface area (TPSA) is 108 Å². The summed E-state index contributed by atoms with van der Waals surface area (Å²) in [5.74, 6) is 0.765. The first-order valence-corrected chi connectivity index (χ1v) is 16.7. The van der Waals surface area contributed by atoms with Crippen LogP contribution in [-0.2, 0) is 30.4 Å². The molecule has 0 N–H and O–H groups in total. The van der Waals surface area contributed by atoms with Gasteiger partial charge in [0.15, 0.2) is 11.5 Å². The van der Waals surface area contributed by atoms with E-state index >= 15 is 0 Å². The van der Waals surface area contributed by atoms with Crippen LogP contribution in [0.15, 0.2) is 42.9 Å². The Kier molecular flexibility index (Phi) is 9.16. The Balaban J connectivity index is 1.27. The number of carbonyl (C=O) groups excluding carboxylic acids is 2. The lowest BCUT2D eigenvalue weighted by Crippen LogP contribution is -2.60. The fourth-order valence-electron chi connectivity index (χ4n) is 6.32. The number of likely N-dealkylation sites (N-methyl/N-ethyl adjacent to an activating group) is 1. The van der Waals surface area contributed by atoms with Crippen molar-refractivity contribution in [1.82, 2.24) is 29.2 Å². The molecule has 0 aliphatic carbocycles. The minimum Gasteiger partial charge on any atom is -0.491 e. The highest BCUT2D eigenvalue weighted by Crippen LogP contribution is 2.44. The van der Waals surface area contributed by atoms with Gasteiger partial charge in [-0.2, -0.15) is 18.3 Å². The van der Waals surface area contributed by atoms with Crippen molar-refractivity contribution < 1.29 is 32.2 Å². The van der Waals surface area contributed by atoms with E-state index in [0.29, 0.717) is 30.9 Å². The van der Waals surface area contributed by atoms with Crippen LogP contribution in [0, 0.1) is 19.8 Å². The molecule has 11 nitrogen and oxygen atoms in total. The predicted molar refractivity (Wildman–Crippen MR) is 180 cm³/mol. The average molecular weight is 694 g/mol. The minimum absolute atomic E-state index is 0.0144. The summed E-state index contributed by atoms with van der Waals surface area (Å²) in [5, 5.41) is 3.81. The molecule has 3 aromatic heterocycles. The molecule has 0 saturated carbocycles. The highest BCUT2D eigenvalue weighted by Gasteiger charge is 2.40. The van der Waals surface area contributed by atoms with Crippen LogP contribution in [0.3, 0.4) is 0 Å². The fraction of sp³-hybridized carbons (Fsp3) is 0.472. The average Bonchev–Trinajstić information content (AvgIpc) is 3.63. The Morgan fingerprint density at radius 3 is 2.44 bits per heavy atom. The largest absolute Gasteiger partial charge is 0.491 e. The molecule has 1 saturated heterocycles. The number of anilines is 1. The maximum Gasteiger partial charge on any atom is 0.435 e. The van der Waals surface area contributed by atoms with Crippen molar-refractivity contribution in [2.75, 3.05) is 31.6 Å². The molecule has 1 atom stereocenters. The van der Waals surface area contributed by atoms with Crippen LogP contribution in [0.2, 0.25) is 0 Å². The third-order valence-corrected chi connectivity index (χ3v) is 9.01. The number of benzene rings is 1. The van der Waals surface area contributed by atoms with Gasteiger partial charge in [0.2, 0.25) is 0 Å². The second-order valence-corrected chi connectivity index (χ2v) is 14.1. The van der Waals surface area contributed by atoms with Gasteiger partial charge >= 0.3 is 12.3 Å². The van der Waals surface area contributed by atoms with Crippen molar-refractivity contribution in [3.63, 3.8) is 0 Å². The van der Waals surface area contributed by atoms with Crippen molar-refractivity contribution in [1.29, 1.82) is 0 Å². The zero-order chi connectivity index (χ0) is 36.1. The molecule has 1 aromatic carbocycles. The van der Waals surface area contributed by atoms with E-state index in [1.165, 1.54) is 10.9 Å². The summed E-state index contributed by atoms with van der Waals surface area (Å²) in [6, 6.07) is 7.22. The number of aromatic nitrogens is 5. The van der Waals surface area contributed by atoms with Crippen molar-refractivity contribution in [3.8, 4) is 16.9 Å². The molecule has 0 radical (unpaired) electrons. The molecule has 1 fully saturated rings. The maximum absolute atomic E-state index is 14.2. The van der Waals surface area contributed by atoms with Gasteiger partial charge in [0, 0.05) is 75.1 Å². The zero-order valence-corrected chi connectivity index (χ0v) is 29.3. The fourth-order valence-corrected chi connectivity index (χ4v) is 6.32. The molecule has 0 unspecified atom stereocenters. The van der Waals surface area contributed by atoms with Crippen molar-refractivity contribution in [2.24, 2.45) is 5.92 Å². The number of amides is 1. The Labute approximate surface area is 289 Å². The van der Waals surface area contributed by atoms with Gasteiger partial charge in [-0.1, -0.05) is 0 Å². The second kappa shape index (κ2) is 13.1. The molecular formula is C36H42F3N7O4. The quantitative estimate of drug-likeness (QED) is 0.211. The van der Waals surface area contributed by atoms with E-state index in [-0.39, 0.29) is 59.9 Å². The van der Waals surface area contributed by atoms with E-state index in [1.807, 2.05) is 51.3 Å². The number of hydrogen-bond acceptors (Lipinski definition) is 8. The summed E-state index contributed by atoms with van der Waals surface area (Å²) in [7, 11) is 1.73. The van der Waals surface area contributed by atoms with Gasteiger partial charge in [0.05, 0.1) is 24.1 Å². The number of nitrogens with zero attached hydrogens (tertiary/aromatic N) is 7. The Hall–Kier alpha value is -4.88. The standard InChI is InChI=1S/C36H42F3N7O4/c1-8-46-19-29(33(42-46)36(37,38)39)27-13-23(16-44-10-9-40-22(44)3)14-28-31(47)24(20-49-32(27)28)15-25-11-21(2)12-30(41-25)45-17-26(18-45)43(7)34(48)50-35(4,5)6/h9-14,19,24,26H,8,15-18,20H2,1-7H3/t24-/m0/s1. The van der Waals surface area contributed by atoms with Gasteiger partial charge in [-0.05, 0) is 76.9 Å². The van der Waals surface area contributed by atoms with E-state index in [0.717, 1.165) is 17.2 Å². The van der Waals surface area contributed by atoms with Gasteiger partial charge in [-0.3, -0.25) is 9.48 Å². The van der Waals surface area contributed by atoms with Crippen molar-refractivity contribution in [2.45, 2.75) is 78.9 Å². The number of imidazole rings is 1. The number of ketones is 1. The van der Waals surface area contributed by atoms with E-state index in [1.54, 1.807) is 43.4 Å². The number of alkyl halides is 3. The highest BCUT2D eigenvalue weighted by molar-refractivity contribution is 6.04. The maximum atomic E-state index is 14.2. The lowest BCUT2D eigenvalue weighted by atomic mass is 9.87. The molecule has 6 rings (SSSR count). The van der Waals surface area contributed by atoms with E-state index in [2.05, 4.69) is 15.0 Å². The summed E-state index contributed by atoms with van der Waals surface area (Å²) in [6.45, 7) is 12.7. The number of rotatable bonds is 8. The molecule has 4 aromatic rings. The summed E-state index contributed by atoms with van der Waals surface area (Å²) >= 11 is 0. The Morgan fingerprint density at radius 2 is 1.80 bits per heavy atom. The predicted octanol–water partition coefficient (Wildman–Crippen LogP) is 6.33. The molecule has 2 aliphatic heterocycles. The monoisotopic (exact) mass is 693 g/mol. The number of carbonyl (C=O) groups is 2. The number of fused-ring (bicyclic) bond motifs is 1. The third kappa shape index (κ3) is 7.19. The van der Waals surface area contributed by atoms with E-state index in [9.17, 15) is 22.8 Å². The Morgan fingerprint density at radius 1 is 1.08 bits per heavy atom. The minimum atomic E-state index is -4.71. The van der Waals surface area contributed by atoms with Gasteiger partial charge in [0.1, 0.15) is 23.0 Å². The van der Waals surface area contributed by atoms with Crippen LogP contribution in [0.5, 0.6) is 5.75 Å². The molecule has 14 heteroatoms. The van der Waals surface area contributed by atoms with Crippen LogP contribution in [0.1, 0.15) is 66.4 Å². The van der Waals surface area contributed by atoms with Crippen LogP contribution in [0.4, 0.5) is 23.8 Å². The first kappa shape index (κ1) is 35.0. The molecule has 0 bridgehead atoms. The first-order chi connectivity index (χ1) is 23.5. The number of pyridine rings is 1.